The van der Waals surface area contributed by atoms with Gasteiger partial charge in [-0.05, 0) is 56.9 Å². The molecule has 1 aromatic carbocycles. The molecule has 134 valence electrons. The maximum absolute atomic E-state index is 12.8. The smallest absolute Gasteiger partial charge is 0.326 e. The summed E-state index contributed by atoms with van der Waals surface area (Å²) in [5, 5.41) is 0. The molecule has 0 N–H and O–H groups in total. The molecule has 0 atom stereocenters. The maximum Gasteiger partial charge on any atom is 0.326 e. The van der Waals surface area contributed by atoms with Crippen LogP contribution in [-0.2, 0) is 19.1 Å². The Hall–Kier alpha value is -2.37. The van der Waals surface area contributed by atoms with E-state index < -0.39 is 5.97 Å². The highest BCUT2D eigenvalue weighted by molar-refractivity contribution is 6.13. The summed E-state index contributed by atoms with van der Waals surface area (Å²) in [6.07, 6.45) is 2.83. The molecule has 0 spiro atoms. The van der Waals surface area contributed by atoms with Gasteiger partial charge in [0, 0.05) is 5.92 Å². The summed E-state index contributed by atoms with van der Waals surface area (Å²) in [5.74, 6) is -0.672. The topological polar surface area (TPSA) is 66.9 Å². The number of amides is 2. The van der Waals surface area contributed by atoms with Crippen molar-refractivity contribution in [3.05, 3.63) is 23.3 Å². The van der Waals surface area contributed by atoms with E-state index in [0.717, 1.165) is 30.4 Å². The molecule has 1 aliphatic heterocycles. The van der Waals surface area contributed by atoms with Crippen molar-refractivity contribution in [3.8, 4) is 0 Å². The number of hydrogen-bond donors (Lipinski definition) is 0. The van der Waals surface area contributed by atoms with Crippen LogP contribution >= 0.6 is 0 Å². The second-order valence-corrected chi connectivity index (χ2v) is 6.76. The summed E-state index contributed by atoms with van der Waals surface area (Å²) in [4.78, 5) is 40.4. The number of ether oxygens (including phenoxy) is 1. The second kappa shape index (κ2) is 6.86. The van der Waals surface area contributed by atoms with Gasteiger partial charge in [0.1, 0.15) is 13.1 Å². The van der Waals surface area contributed by atoms with Gasteiger partial charge in [-0.1, -0.05) is 6.42 Å². The van der Waals surface area contributed by atoms with Crippen LogP contribution in [0.25, 0.3) is 0 Å². The standard InChI is InChI=1S/C19H24N2O4/c1-4-25-18(23)11-20-15-8-12(2)13(3)9-16(15)21(10-17(20)22)19(24)14-6-5-7-14/h8-9,14H,4-7,10-11H2,1-3H3. The highest BCUT2D eigenvalue weighted by Crippen LogP contribution is 2.39. The van der Waals surface area contributed by atoms with Gasteiger partial charge in [-0.2, -0.15) is 0 Å². The summed E-state index contributed by atoms with van der Waals surface area (Å²) in [5.41, 5.74) is 3.39. The molecule has 25 heavy (non-hydrogen) atoms. The number of anilines is 2. The number of fused-ring (bicyclic) bond motifs is 1. The molecule has 0 unspecified atom stereocenters. The van der Waals surface area contributed by atoms with Crippen molar-refractivity contribution in [2.24, 2.45) is 5.92 Å². The minimum absolute atomic E-state index is 0.0128. The molecule has 0 saturated heterocycles. The third-order valence-corrected chi connectivity index (χ3v) is 5.08. The first-order valence-electron chi connectivity index (χ1n) is 8.81. The minimum atomic E-state index is -0.446. The lowest BCUT2D eigenvalue weighted by Gasteiger charge is -2.39. The lowest BCUT2D eigenvalue weighted by molar-refractivity contribution is -0.142. The molecule has 1 saturated carbocycles. The van der Waals surface area contributed by atoms with E-state index in [1.54, 1.807) is 11.8 Å². The lowest BCUT2D eigenvalue weighted by Crippen LogP contribution is -2.52. The molecule has 1 aliphatic carbocycles. The van der Waals surface area contributed by atoms with Crippen molar-refractivity contribution in [2.75, 3.05) is 29.5 Å². The van der Waals surface area contributed by atoms with Crippen molar-refractivity contribution in [1.29, 1.82) is 0 Å². The number of aryl methyl sites for hydroxylation is 2. The van der Waals surface area contributed by atoms with Crippen LogP contribution in [0.1, 0.15) is 37.3 Å². The Morgan fingerprint density at radius 1 is 1.16 bits per heavy atom. The molecule has 6 nitrogen and oxygen atoms in total. The van der Waals surface area contributed by atoms with Crippen LogP contribution in [0.15, 0.2) is 12.1 Å². The molecular weight excluding hydrogens is 320 g/mol. The number of carbonyl (C=O) groups is 3. The van der Waals surface area contributed by atoms with Gasteiger partial charge in [0.05, 0.1) is 18.0 Å². The third-order valence-electron chi connectivity index (χ3n) is 5.08. The molecule has 1 aromatic rings. The van der Waals surface area contributed by atoms with Crippen molar-refractivity contribution in [1.82, 2.24) is 0 Å². The van der Waals surface area contributed by atoms with Crippen molar-refractivity contribution < 1.29 is 19.1 Å². The quantitative estimate of drug-likeness (QED) is 0.787. The highest BCUT2D eigenvalue weighted by Gasteiger charge is 2.38. The summed E-state index contributed by atoms with van der Waals surface area (Å²) >= 11 is 0. The second-order valence-electron chi connectivity index (χ2n) is 6.76. The Balaban J connectivity index is 1.98. The van der Waals surface area contributed by atoms with Gasteiger partial charge >= 0.3 is 5.97 Å². The highest BCUT2D eigenvalue weighted by atomic mass is 16.5. The molecule has 6 heteroatoms. The van der Waals surface area contributed by atoms with Crippen LogP contribution in [0.4, 0.5) is 11.4 Å². The Morgan fingerprint density at radius 2 is 1.80 bits per heavy atom. The minimum Gasteiger partial charge on any atom is -0.465 e. The van der Waals surface area contributed by atoms with Crippen LogP contribution in [0.5, 0.6) is 0 Å². The Kier molecular flexibility index (Phi) is 4.79. The Labute approximate surface area is 147 Å². The van der Waals surface area contributed by atoms with Crippen molar-refractivity contribution in [2.45, 2.75) is 40.0 Å². The van der Waals surface area contributed by atoms with E-state index >= 15 is 0 Å². The van der Waals surface area contributed by atoms with Gasteiger partial charge in [0.25, 0.3) is 0 Å². The predicted molar refractivity (Wildman–Crippen MR) is 94.6 cm³/mol. The fourth-order valence-corrected chi connectivity index (χ4v) is 3.24. The van der Waals surface area contributed by atoms with Gasteiger partial charge in [-0.15, -0.1) is 0 Å². The van der Waals surface area contributed by atoms with E-state index in [-0.39, 0.29) is 37.4 Å². The molecule has 2 amide bonds. The molecular formula is C19H24N2O4. The maximum atomic E-state index is 12.8. The van der Waals surface area contributed by atoms with Crippen LogP contribution in [-0.4, -0.2) is 37.5 Å². The third kappa shape index (κ3) is 3.25. The summed E-state index contributed by atoms with van der Waals surface area (Å²) < 4.78 is 4.99. The SMILES string of the molecule is CCOC(=O)CN1C(=O)CN(C(=O)C2CCC2)c2cc(C)c(C)cc21. The van der Waals surface area contributed by atoms with E-state index in [0.29, 0.717) is 11.4 Å². The van der Waals surface area contributed by atoms with Crippen LogP contribution in [0, 0.1) is 19.8 Å². The van der Waals surface area contributed by atoms with Crippen LogP contribution < -0.4 is 9.80 Å². The molecule has 1 heterocycles. The zero-order valence-electron chi connectivity index (χ0n) is 15.0. The van der Waals surface area contributed by atoms with Crippen LogP contribution in [0.3, 0.4) is 0 Å². The van der Waals surface area contributed by atoms with E-state index in [4.69, 9.17) is 4.74 Å². The largest absolute Gasteiger partial charge is 0.465 e. The number of carbonyl (C=O) groups excluding carboxylic acids is 3. The van der Waals surface area contributed by atoms with Gasteiger partial charge in [-0.3, -0.25) is 19.3 Å². The van der Waals surface area contributed by atoms with E-state index in [2.05, 4.69) is 0 Å². The zero-order valence-corrected chi connectivity index (χ0v) is 15.0. The zero-order chi connectivity index (χ0) is 18.1. The Bertz CT molecular complexity index is 724. The van der Waals surface area contributed by atoms with Gasteiger partial charge in [0.2, 0.25) is 11.8 Å². The summed E-state index contributed by atoms with van der Waals surface area (Å²) in [7, 11) is 0. The molecule has 2 aliphatic rings. The molecule has 0 radical (unpaired) electrons. The first-order chi connectivity index (χ1) is 11.9. The van der Waals surface area contributed by atoms with E-state index in [9.17, 15) is 14.4 Å². The average molecular weight is 344 g/mol. The van der Waals surface area contributed by atoms with Gasteiger partial charge < -0.3 is 9.64 Å². The first-order valence-corrected chi connectivity index (χ1v) is 8.81. The fraction of sp³-hybridized carbons (Fsp3) is 0.526. The van der Waals surface area contributed by atoms with Gasteiger partial charge in [0.15, 0.2) is 0 Å². The van der Waals surface area contributed by atoms with Gasteiger partial charge in [-0.25, -0.2) is 0 Å². The lowest BCUT2D eigenvalue weighted by atomic mass is 9.84. The molecule has 3 rings (SSSR count). The van der Waals surface area contributed by atoms with E-state index in [1.807, 2.05) is 26.0 Å². The molecule has 1 fully saturated rings. The number of benzene rings is 1. The number of hydrogen-bond acceptors (Lipinski definition) is 4. The van der Waals surface area contributed by atoms with Crippen LogP contribution in [0.2, 0.25) is 0 Å². The van der Waals surface area contributed by atoms with E-state index in [1.165, 1.54) is 4.90 Å². The summed E-state index contributed by atoms with van der Waals surface area (Å²) in [6.45, 7) is 5.78. The fourth-order valence-electron chi connectivity index (χ4n) is 3.24. The number of rotatable bonds is 4. The summed E-state index contributed by atoms with van der Waals surface area (Å²) in [6, 6.07) is 3.81. The Morgan fingerprint density at radius 3 is 2.36 bits per heavy atom. The molecule has 0 bridgehead atoms. The normalized spacial score (nSPS) is 17.2. The first kappa shape index (κ1) is 17.5. The number of nitrogens with zero attached hydrogens (tertiary/aromatic N) is 2. The average Bonchev–Trinajstić information content (AvgIpc) is 2.50. The number of esters is 1. The molecule has 0 aromatic heterocycles. The monoisotopic (exact) mass is 344 g/mol. The van der Waals surface area contributed by atoms with Crippen molar-refractivity contribution >= 4 is 29.2 Å². The predicted octanol–water partition coefficient (Wildman–Crippen LogP) is 2.35. The van der Waals surface area contributed by atoms with Crippen molar-refractivity contribution in [3.63, 3.8) is 0 Å².